The summed E-state index contributed by atoms with van der Waals surface area (Å²) in [6.45, 7) is 7.68. The lowest BCUT2D eigenvalue weighted by Crippen LogP contribution is -2.41. The van der Waals surface area contributed by atoms with E-state index in [2.05, 4.69) is 9.72 Å². The second kappa shape index (κ2) is 5.94. The lowest BCUT2D eigenvalue weighted by Gasteiger charge is -2.32. The van der Waals surface area contributed by atoms with Crippen LogP contribution in [0.2, 0.25) is 0 Å². The SMILES string of the molecule is COC(=O)c1cc(B2OC(C)(C)C(C)(C)O2)cnc1C(=O)OC. The third kappa shape index (κ3) is 3.09. The number of carbonyl (C=O) groups is 2. The molecule has 0 atom stereocenters. The molecule has 124 valence electrons. The second-order valence-electron chi connectivity index (χ2n) is 6.24. The van der Waals surface area contributed by atoms with Crippen LogP contribution in [0.1, 0.15) is 48.5 Å². The molecule has 0 aliphatic carbocycles. The number of carbonyl (C=O) groups excluding carboxylic acids is 2. The Bertz CT molecular complexity index is 627. The Morgan fingerprint density at radius 3 is 2.04 bits per heavy atom. The average Bonchev–Trinajstić information content (AvgIpc) is 2.73. The van der Waals surface area contributed by atoms with Gasteiger partial charge >= 0.3 is 19.1 Å². The van der Waals surface area contributed by atoms with Crippen molar-refractivity contribution in [2.45, 2.75) is 38.9 Å². The summed E-state index contributed by atoms with van der Waals surface area (Å²) in [4.78, 5) is 27.7. The molecule has 1 aromatic rings. The normalized spacial score (nSPS) is 18.6. The van der Waals surface area contributed by atoms with E-state index in [1.54, 1.807) is 0 Å². The molecule has 0 radical (unpaired) electrons. The standard InChI is InChI=1S/C15H20BNO6/c1-14(2)15(3,4)23-16(22-14)9-7-10(12(18)20-5)11(17-8-9)13(19)21-6/h7-8H,1-6H3. The number of hydrogen-bond acceptors (Lipinski definition) is 7. The first-order valence-electron chi connectivity index (χ1n) is 7.15. The summed E-state index contributed by atoms with van der Waals surface area (Å²) in [5, 5.41) is 0. The summed E-state index contributed by atoms with van der Waals surface area (Å²) in [6.07, 6.45) is 1.43. The van der Waals surface area contributed by atoms with Crippen LogP contribution in [0.3, 0.4) is 0 Å². The van der Waals surface area contributed by atoms with Crippen molar-refractivity contribution >= 4 is 24.5 Å². The van der Waals surface area contributed by atoms with E-state index in [9.17, 15) is 9.59 Å². The zero-order valence-electron chi connectivity index (χ0n) is 14.1. The Morgan fingerprint density at radius 2 is 1.57 bits per heavy atom. The van der Waals surface area contributed by atoms with Crippen LogP contribution in [0.15, 0.2) is 12.3 Å². The monoisotopic (exact) mass is 321 g/mol. The molecule has 1 saturated heterocycles. The lowest BCUT2D eigenvalue weighted by molar-refractivity contribution is 0.00578. The van der Waals surface area contributed by atoms with Crippen LogP contribution in [0.4, 0.5) is 0 Å². The van der Waals surface area contributed by atoms with Crippen molar-refractivity contribution in [3.8, 4) is 0 Å². The molecule has 0 saturated carbocycles. The number of rotatable bonds is 3. The van der Waals surface area contributed by atoms with E-state index >= 15 is 0 Å². The number of pyridine rings is 1. The van der Waals surface area contributed by atoms with Crippen molar-refractivity contribution in [3.05, 3.63) is 23.5 Å². The molecule has 0 N–H and O–H groups in total. The van der Waals surface area contributed by atoms with Crippen LogP contribution in [-0.4, -0.2) is 49.5 Å². The molecule has 23 heavy (non-hydrogen) atoms. The van der Waals surface area contributed by atoms with Crippen molar-refractivity contribution in [1.82, 2.24) is 4.98 Å². The van der Waals surface area contributed by atoms with Gasteiger partial charge < -0.3 is 18.8 Å². The molecule has 0 bridgehead atoms. The molecule has 2 heterocycles. The average molecular weight is 321 g/mol. The predicted octanol–water partition coefficient (Wildman–Crippen LogP) is 0.954. The van der Waals surface area contributed by atoms with Gasteiger partial charge in [-0.25, -0.2) is 14.6 Å². The highest BCUT2D eigenvalue weighted by Crippen LogP contribution is 2.36. The predicted molar refractivity (Wildman–Crippen MR) is 82.6 cm³/mol. The van der Waals surface area contributed by atoms with Crippen LogP contribution < -0.4 is 5.46 Å². The third-order valence-corrected chi connectivity index (χ3v) is 4.22. The van der Waals surface area contributed by atoms with Gasteiger partial charge in [-0.05, 0) is 33.8 Å². The Morgan fingerprint density at radius 1 is 1.04 bits per heavy atom. The van der Waals surface area contributed by atoms with Crippen molar-refractivity contribution < 1.29 is 28.4 Å². The van der Waals surface area contributed by atoms with Gasteiger partial charge in [0.15, 0.2) is 5.69 Å². The van der Waals surface area contributed by atoms with Gasteiger partial charge in [0.05, 0.1) is 31.0 Å². The number of aromatic nitrogens is 1. The van der Waals surface area contributed by atoms with Crippen LogP contribution in [0.25, 0.3) is 0 Å². The molecule has 1 aromatic heterocycles. The highest BCUT2D eigenvalue weighted by atomic mass is 16.7. The topological polar surface area (TPSA) is 84.0 Å². The Labute approximate surface area is 135 Å². The number of esters is 2. The quantitative estimate of drug-likeness (QED) is 0.605. The van der Waals surface area contributed by atoms with E-state index in [4.69, 9.17) is 14.0 Å². The fraction of sp³-hybridized carbons (Fsp3) is 0.533. The van der Waals surface area contributed by atoms with Crippen molar-refractivity contribution in [1.29, 1.82) is 0 Å². The highest BCUT2D eigenvalue weighted by Gasteiger charge is 2.52. The summed E-state index contributed by atoms with van der Waals surface area (Å²) in [5.41, 5.74) is -0.628. The van der Waals surface area contributed by atoms with Crippen LogP contribution in [-0.2, 0) is 18.8 Å². The van der Waals surface area contributed by atoms with Gasteiger partial charge in [0, 0.05) is 11.7 Å². The smallest absolute Gasteiger partial charge is 0.465 e. The number of hydrogen-bond donors (Lipinski definition) is 0. The number of ether oxygens (including phenoxy) is 2. The number of nitrogens with zero attached hydrogens (tertiary/aromatic N) is 1. The lowest BCUT2D eigenvalue weighted by atomic mass is 9.79. The summed E-state index contributed by atoms with van der Waals surface area (Å²) >= 11 is 0. The van der Waals surface area contributed by atoms with Gasteiger partial charge in [0.25, 0.3) is 0 Å². The van der Waals surface area contributed by atoms with E-state index < -0.39 is 30.3 Å². The molecule has 1 aliphatic rings. The zero-order valence-corrected chi connectivity index (χ0v) is 14.1. The highest BCUT2D eigenvalue weighted by molar-refractivity contribution is 6.62. The third-order valence-electron chi connectivity index (χ3n) is 4.22. The van der Waals surface area contributed by atoms with Gasteiger partial charge in [-0.2, -0.15) is 0 Å². The van der Waals surface area contributed by atoms with Crippen LogP contribution in [0.5, 0.6) is 0 Å². The molecule has 2 rings (SSSR count). The summed E-state index contributed by atoms with van der Waals surface area (Å²) in [7, 11) is 1.75. The van der Waals surface area contributed by atoms with Gasteiger partial charge in [0.2, 0.25) is 0 Å². The first kappa shape index (κ1) is 17.4. The first-order valence-corrected chi connectivity index (χ1v) is 7.15. The molecular weight excluding hydrogens is 301 g/mol. The fourth-order valence-electron chi connectivity index (χ4n) is 2.11. The molecule has 0 unspecified atom stereocenters. The van der Waals surface area contributed by atoms with Crippen LogP contribution >= 0.6 is 0 Å². The van der Waals surface area contributed by atoms with Gasteiger partial charge in [-0.15, -0.1) is 0 Å². The van der Waals surface area contributed by atoms with Gasteiger partial charge in [-0.1, -0.05) is 0 Å². The molecule has 0 aromatic carbocycles. The van der Waals surface area contributed by atoms with E-state index in [1.807, 2.05) is 27.7 Å². The summed E-state index contributed by atoms with van der Waals surface area (Å²) in [6, 6.07) is 1.48. The minimum absolute atomic E-state index is 0.00608. The van der Waals surface area contributed by atoms with Crippen molar-refractivity contribution in [2.24, 2.45) is 0 Å². The maximum absolute atomic E-state index is 11.9. The summed E-state index contributed by atoms with van der Waals surface area (Å²) in [5.74, 6) is -1.40. The summed E-state index contributed by atoms with van der Waals surface area (Å²) < 4.78 is 21.2. The molecule has 1 fully saturated rings. The fourth-order valence-corrected chi connectivity index (χ4v) is 2.11. The molecule has 0 amide bonds. The molecule has 8 heteroatoms. The van der Waals surface area contributed by atoms with E-state index in [-0.39, 0.29) is 11.3 Å². The maximum Gasteiger partial charge on any atom is 0.496 e. The van der Waals surface area contributed by atoms with Gasteiger partial charge in [0.1, 0.15) is 0 Å². The van der Waals surface area contributed by atoms with Crippen LogP contribution in [0, 0.1) is 0 Å². The zero-order chi connectivity index (χ0) is 17.4. The number of methoxy groups -OCH3 is 2. The minimum atomic E-state index is -0.717. The molecule has 7 nitrogen and oxygen atoms in total. The Kier molecular flexibility index (Phi) is 4.50. The van der Waals surface area contributed by atoms with E-state index in [0.29, 0.717) is 5.46 Å². The van der Waals surface area contributed by atoms with Gasteiger partial charge in [-0.3, -0.25) is 0 Å². The van der Waals surface area contributed by atoms with E-state index in [1.165, 1.54) is 26.5 Å². The molecular formula is C15H20BNO6. The minimum Gasteiger partial charge on any atom is -0.465 e. The second-order valence-corrected chi connectivity index (χ2v) is 6.24. The van der Waals surface area contributed by atoms with Crippen molar-refractivity contribution in [3.63, 3.8) is 0 Å². The first-order chi connectivity index (χ1) is 10.6. The molecule has 1 aliphatic heterocycles. The largest absolute Gasteiger partial charge is 0.496 e. The maximum atomic E-state index is 11.9. The van der Waals surface area contributed by atoms with Crippen molar-refractivity contribution in [2.75, 3.05) is 14.2 Å². The Hall–Kier alpha value is -1.93. The molecule has 0 spiro atoms. The Balaban J connectivity index is 2.43. The van der Waals surface area contributed by atoms with E-state index in [0.717, 1.165) is 0 Å².